The number of hydrogen-bond donors (Lipinski definition) is 0. The van der Waals surface area contributed by atoms with Crippen LogP contribution in [-0.2, 0) is 29.2 Å². The second-order valence-corrected chi connectivity index (χ2v) is 11.5. The van der Waals surface area contributed by atoms with Crippen LogP contribution >= 0.6 is 15.9 Å². The van der Waals surface area contributed by atoms with Gasteiger partial charge in [-0.3, -0.25) is 14.4 Å². The maximum atomic E-state index is 12.7. The predicted molar refractivity (Wildman–Crippen MR) is 122 cm³/mol. The normalized spacial score (nSPS) is 29.1. The number of alkyl halides is 1. The van der Waals surface area contributed by atoms with Gasteiger partial charge in [-0.1, -0.05) is 33.6 Å². The molecule has 0 aromatic heterocycles. The number of hydrogen-bond acceptors (Lipinski definition) is 8. The molecule has 2 saturated carbocycles. The van der Waals surface area contributed by atoms with E-state index in [1.807, 2.05) is 6.92 Å². The number of benzene rings is 2. The molecule has 0 N–H and O–H groups in total. The van der Waals surface area contributed by atoms with Crippen LogP contribution in [0.4, 0.5) is 0 Å². The molecule has 8 nitrogen and oxygen atoms in total. The summed E-state index contributed by atoms with van der Waals surface area (Å²) in [6.45, 7) is 1.37. The van der Waals surface area contributed by atoms with Crippen molar-refractivity contribution in [1.29, 1.82) is 0 Å². The molecule has 0 amide bonds. The van der Waals surface area contributed by atoms with Crippen molar-refractivity contribution in [3.63, 3.8) is 0 Å². The maximum absolute atomic E-state index is 12.7. The molecule has 1 aliphatic heterocycles. The van der Waals surface area contributed by atoms with Crippen molar-refractivity contribution in [2.45, 2.75) is 29.2 Å². The number of ketones is 1. The van der Waals surface area contributed by atoms with Gasteiger partial charge < -0.3 is 13.7 Å². The largest absolute Gasteiger partial charge is 0.461 e. The van der Waals surface area contributed by atoms with Gasteiger partial charge in [0.1, 0.15) is 16.7 Å². The fourth-order valence-corrected chi connectivity index (χ4v) is 7.16. The Hall–Kier alpha value is -2.72. The van der Waals surface area contributed by atoms with Gasteiger partial charge in [-0.25, -0.2) is 0 Å². The summed E-state index contributed by atoms with van der Waals surface area (Å²) >= 11 is 3.54. The van der Waals surface area contributed by atoms with Crippen molar-refractivity contribution in [3.05, 3.63) is 59.7 Å². The molecule has 0 radical (unpaired) electrons. The van der Waals surface area contributed by atoms with Crippen molar-refractivity contribution in [1.82, 2.24) is 0 Å². The molecule has 3 aliphatic rings. The number of halogens is 1. The Balaban J connectivity index is 1.19. The average Bonchev–Trinajstić information content (AvgIpc) is 3.42. The van der Waals surface area contributed by atoms with Crippen molar-refractivity contribution in [3.8, 4) is 5.75 Å². The molecule has 2 aliphatic carbocycles. The van der Waals surface area contributed by atoms with Gasteiger partial charge in [-0.2, -0.15) is 8.42 Å². The molecule has 2 bridgehead atoms. The van der Waals surface area contributed by atoms with Crippen LogP contribution < -0.4 is 4.18 Å². The Labute approximate surface area is 204 Å². The Morgan fingerprint density at radius 1 is 1.06 bits per heavy atom. The zero-order chi connectivity index (χ0) is 24.2. The number of carbonyl (C=O) groups excluding carboxylic acids is 3. The van der Waals surface area contributed by atoms with Gasteiger partial charge in [0.2, 0.25) is 0 Å². The van der Waals surface area contributed by atoms with E-state index in [0.29, 0.717) is 0 Å². The first kappa shape index (κ1) is 23.0. The van der Waals surface area contributed by atoms with Crippen molar-refractivity contribution in [2.24, 2.45) is 23.7 Å². The van der Waals surface area contributed by atoms with Crippen LogP contribution in [0.5, 0.6) is 5.75 Å². The third-order valence-electron chi connectivity index (χ3n) is 6.83. The molecule has 178 valence electrons. The topological polar surface area (TPSA) is 113 Å². The fraction of sp³-hybridized carbons (Fsp3) is 0.375. The summed E-state index contributed by atoms with van der Waals surface area (Å²) in [6, 6.07) is 11.8. The first-order valence-corrected chi connectivity index (χ1v) is 13.1. The van der Waals surface area contributed by atoms with Crippen LogP contribution in [0, 0.1) is 30.6 Å². The van der Waals surface area contributed by atoms with Crippen LogP contribution in [-0.4, -0.2) is 43.7 Å². The minimum Gasteiger partial charge on any atom is -0.461 e. The zero-order valence-electron chi connectivity index (χ0n) is 18.0. The number of esters is 2. The van der Waals surface area contributed by atoms with Gasteiger partial charge in [0.15, 0.2) is 12.4 Å². The fourth-order valence-electron chi connectivity index (χ4n) is 5.19. The highest BCUT2D eigenvalue weighted by molar-refractivity contribution is 9.09. The van der Waals surface area contributed by atoms with E-state index in [0.717, 1.165) is 12.0 Å². The third kappa shape index (κ3) is 3.92. The highest BCUT2D eigenvalue weighted by Crippen LogP contribution is 2.60. The minimum atomic E-state index is -4.01. The van der Waals surface area contributed by atoms with Crippen molar-refractivity contribution in [2.75, 3.05) is 6.61 Å². The lowest BCUT2D eigenvalue weighted by Gasteiger charge is -2.26. The van der Waals surface area contributed by atoms with Gasteiger partial charge in [-0.15, -0.1) is 0 Å². The SMILES string of the molecule is Cc1ccc(S(=O)(=O)Oc2ccc(C(=O)COC(=O)[C@@H]3[C@H]4C[C@H]5[C@H](OC(=O)[C@H]53)[C@@H]4Br)cc2)cc1. The summed E-state index contributed by atoms with van der Waals surface area (Å²) in [5.74, 6) is -2.50. The summed E-state index contributed by atoms with van der Waals surface area (Å²) in [5.41, 5.74) is 1.15. The number of Topliss-reactive ketones (excluding diaryl/α,β-unsaturated/α-hetero) is 1. The Morgan fingerprint density at radius 3 is 2.41 bits per heavy atom. The molecular weight excluding hydrogens is 528 g/mol. The summed E-state index contributed by atoms with van der Waals surface area (Å²) in [7, 11) is -4.01. The Bertz CT molecular complexity index is 1250. The number of aryl methyl sites for hydroxylation is 1. The lowest BCUT2D eigenvalue weighted by molar-refractivity contribution is -0.154. The monoisotopic (exact) mass is 548 g/mol. The Kier molecular flexibility index (Phi) is 5.76. The predicted octanol–water partition coefficient (Wildman–Crippen LogP) is 3.06. The summed E-state index contributed by atoms with van der Waals surface area (Å²) in [5, 5.41) is 0. The first-order valence-electron chi connectivity index (χ1n) is 10.8. The molecule has 2 aromatic carbocycles. The van der Waals surface area contributed by atoms with Crippen LogP contribution in [0.25, 0.3) is 0 Å². The van der Waals surface area contributed by atoms with Crippen LogP contribution in [0.15, 0.2) is 53.4 Å². The smallest absolute Gasteiger partial charge is 0.339 e. The van der Waals surface area contributed by atoms with E-state index in [-0.39, 0.29) is 44.9 Å². The number of carbonyl (C=O) groups is 3. The maximum Gasteiger partial charge on any atom is 0.339 e. The first-order chi connectivity index (χ1) is 16.2. The molecule has 0 unspecified atom stereocenters. The summed E-state index contributed by atoms with van der Waals surface area (Å²) < 4.78 is 40.6. The van der Waals surface area contributed by atoms with E-state index < -0.39 is 40.3 Å². The molecule has 2 aromatic rings. The van der Waals surface area contributed by atoms with Crippen molar-refractivity contribution < 1.29 is 36.5 Å². The molecule has 0 spiro atoms. The van der Waals surface area contributed by atoms with E-state index in [9.17, 15) is 22.8 Å². The van der Waals surface area contributed by atoms with E-state index in [1.165, 1.54) is 36.4 Å². The lowest BCUT2D eigenvalue weighted by atomic mass is 9.80. The van der Waals surface area contributed by atoms with E-state index >= 15 is 0 Å². The quantitative estimate of drug-likeness (QED) is 0.224. The van der Waals surface area contributed by atoms with Gasteiger partial charge in [0.25, 0.3) is 0 Å². The Morgan fingerprint density at radius 2 is 1.74 bits per heavy atom. The van der Waals surface area contributed by atoms with Gasteiger partial charge in [-0.05, 0) is 55.7 Å². The van der Waals surface area contributed by atoms with Crippen LogP contribution in [0.2, 0.25) is 0 Å². The second kappa shape index (κ2) is 8.49. The zero-order valence-corrected chi connectivity index (χ0v) is 20.5. The molecule has 5 rings (SSSR count). The average molecular weight is 549 g/mol. The molecule has 3 fully saturated rings. The third-order valence-corrected chi connectivity index (χ3v) is 9.29. The van der Waals surface area contributed by atoms with Gasteiger partial charge >= 0.3 is 22.1 Å². The highest BCUT2D eigenvalue weighted by Gasteiger charge is 2.68. The molecule has 34 heavy (non-hydrogen) atoms. The summed E-state index contributed by atoms with van der Waals surface area (Å²) in [4.78, 5) is 37.4. The molecular formula is C24H21BrO8S. The molecule has 10 heteroatoms. The van der Waals surface area contributed by atoms with E-state index in [2.05, 4.69) is 15.9 Å². The standard InChI is InChI=1S/C24H21BrO8S/c1-12-2-8-15(9-3-12)34(29,30)33-14-6-4-13(5-7-14)18(26)11-31-23(27)19-16-10-17-20(19)24(28)32-22(17)21(16)25/h2-9,16-17,19-22H,10-11H2,1H3/t16-,17-,19-,20-,21-,22+/m1/s1. The van der Waals surface area contributed by atoms with Gasteiger partial charge in [0, 0.05) is 11.5 Å². The molecule has 1 saturated heterocycles. The van der Waals surface area contributed by atoms with Crippen LogP contribution in [0.1, 0.15) is 22.3 Å². The number of ether oxygens (including phenoxy) is 2. The van der Waals surface area contributed by atoms with Gasteiger partial charge in [0.05, 0.1) is 16.7 Å². The second-order valence-electron chi connectivity index (χ2n) is 8.87. The number of fused-ring (bicyclic) bond motifs is 1. The van der Waals surface area contributed by atoms with Crippen LogP contribution in [0.3, 0.4) is 0 Å². The number of rotatable bonds is 7. The van der Waals surface area contributed by atoms with E-state index in [4.69, 9.17) is 13.7 Å². The molecule has 1 heterocycles. The highest BCUT2D eigenvalue weighted by atomic mass is 79.9. The van der Waals surface area contributed by atoms with E-state index in [1.54, 1.807) is 12.1 Å². The summed E-state index contributed by atoms with van der Waals surface area (Å²) in [6.07, 6.45) is 0.529. The lowest BCUT2D eigenvalue weighted by Crippen LogP contribution is -2.39. The van der Waals surface area contributed by atoms with Crippen molar-refractivity contribution >= 4 is 43.8 Å². The molecule has 6 atom stereocenters. The minimum absolute atomic E-state index is 0.0128.